The number of nitrogens with two attached hydrogens (primary N) is 2. The molecule has 6 heterocycles. The fraction of sp³-hybridized carbons (Fsp3) is 0.476. The van der Waals surface area contributed by atoms with Crippen molar-refractivity contribution in [2.75, 3.05) is 18.9 Å². The lowest BCUT2D eigenvalue weighted by Gasteiger charge is -2.26. The first kappa shape index (κ1) is 31.7. The first-order valence-electron chi connectivity index (χ1n) is 12.8. The van der Waals surface area contributed by atoms with E-state index in [0.717, 1.165) is 21.8 Å². The number of fused-ring (bicyclic) bond motifs is 4. The van der Waals surface area contributed by atoms with Crippen LogP contribution >= 0.6 is 15.6 Å². The third-order valence-corrected chi connectivity index (χ3v) is 9.15. The number of aliphatic hydroxyl groups excluding tert-OH is 1. The average molecular weight is 680 g/mol. The Labute approximate surface area is 249 Å². The molecule has 0 aromatic carbocycles. The number of phosphoric ester groups is 2. The fourth-order valence-corrected chi connectivity index (χ4v) is 7.09. The number of carbonyl (C=O) groups is 1. The van der Waals surface area contributed by atoms with Crippen LogP contribution in [0.1, 0.15) is 22.8 Å². The van der Waals surface area contributed by atoms with Gasteiger partial charge in [0.25, 0.3) is 5.91 Å². The topological polar surface area (TPSA) is 280 Å². The molecule has 0 saturated carbocycles. The molecule has 6 rings (SSSR count). The summed E-state index contributed by atoms with van der Waals surface area (Å²) in [5.41, 5.74) is 10.4. The number of anilines is 1. The molecule has 10 atom stereocenters. The van der Waals surface area contributed by atoms with Crippen molar-refractivity contribution >= 4 is 51.1 Å². The van der Waals surface area contributed by atoms with Gasteiger partial charge in [-0.25, -0.2) is 37.9 Å². The molecule has 1 amide bonds. The zero-order chi connectivity index (χ0) is 32.4. The second-order valence-corrected chi connectivity index (χ2v) is 12.7. The summed E-state index contributed by atoms with van der Waals surface area (Å²) in [7, 11) is -10.4. The smallest absolute Gasteiger partial charge is 0.387 e. The van der Waals surface area contributed by atoms with Crippen LogP contribution in [0.3, 0.4) is 0 Å². The van der Waals surface area contributed by atoms with Gasteiger partial charge in [0.2, 0.25) is 0 Å². The molecule has 0 spiro atoms. The van der Waals surface area contributed by atoms with Crippen LogP contribution in [0.25, 0.3) is 11.2 Å². The normalized spacial score (nSPS) is 37.4. The second-order valence-electron chi connectivity index (χ2n) is 9.92. The SMILES string of the molecule is C=Nc1c(C(N)=O)c(F)cn1[C@@H]1OC2COP(=O)(O)O[C@H]3[C@@H](F)[C@H](n4cnc5c(N)ncnc54)O[C@@H]3COP(=O)(O)O[C@@H]1[C@@H]2O. The number of aliphatic hydroxyl groups is 1. The van der Waals surface area contributed by atoms with Crippen molar-refractivity contribution in [3.05, 3.63) is 30.2 Å². The summed E-state index contributed by atoms with van der Waals surface area (Å²) in [6, 6.07) is 0. The minimum Gasteiger partial charge on any atom is -0.387 e. The van der Waals surface area contributed by atoms with Crippen LogP contribution in [-0.4, -0.2) is 102 Å². The molecule has 3 saturated heterocycles. The van der Waals surface area contributed by atoms with Gasteiger partial charge in [0.05, 0.1) is 19.5 Å². The monoisotopic (exact) mass is 680 g/mol. The van der Waals surface area contributed by atoms with E-state index in [1.807, 2.05) is 0 Å². The van der Waals surface area contributed by atoms with Crippen LogP contribution in [0.4, 0.5) is 20.4 Å². The Bertz CT molecular complexity index is 1760. The van der Waals surface area contributed by atoms with Crippen LogP contribution < -0.4 is 11.5 Å². The highest BCUT2D eigenvalue weighted by Gasteiger charge is 2.54. The third-order valence-electron chi connectivity index (χ3n) is 7.18. The predicted molar refractivity (Wildman–Crippen MR) is 142 cm³/mol. The van der Waals surface area contributed by atoms with Crippen molar-refractivity contribution in [3.8, 4) is 0 Å². The zero-order valence-corrected chi connectivity index (χ0v) is 24.3. The van der Waals surface area contributed by atoms with Crippen molar-refractivity contribution in [2.24, 2.45) is 10.7 Å². The molecule has 20 nitrogen and oxygen atoms in total. The Balaban J connectivity index is 1.32. The molecule has 7 N–H and O–H groups in total. The van der Waals surface area contributed by atoms with Gasteiger partial charge in [-0.15, -0.1) is 0 Å². The minimum atomic E-state index is -5.24. The molecule has 3 unspecified atom stereocenters. The van der Waals surface area contributed by atoms with Gasteiger partial charge in [0.15, 0.2) is 35.9 Å². The van der Waals surface area contributed by atoms with Gasteiger partial charge < -0.3 is 40.4 Å². The van der Waals surface area contributed by atoms with Crippen LogP contribution in [0.2, 0.25) is 0 Å². The molecular weight excluding hydrogens is 656 g/mol. The van der Waals surface area contributed by atoms with E-state index in [1.54, 1.807) is 0 Å². The van der Waals surface area contributed by atoms with E-state index in [-0.39, 0.29) is 17.0 Å². The highest BCUT2D eigenvalue weighted by atomic mass is 31.2. The number of amides is 1. The van der Waals surface area contributed by atoms with Crippen LogP contribution in [0, 0.1) is 5.82 Å². The number of hydrogen-bond acceptors (Lipinski definition) is 15. The fourth-order valence-electron chi connectivity index (χ4n) is 5.20. The maximum absolute atomic E-state index is 15.9. The molecule has 0 radical (unpaired) electrons. The van der Waals surface area contributed by atoms with Crippen LogP contribution in [-0.2, 0) is 36.7 Å². The zero-order valence-electron chi connectivity index (χ0n) is 22.5. The van der Waals surface area contributed by atoms with Crippen molar-refractivity contribution in [1.29, 1.82) is 0 Å². The van der Waals surface area contributed by atoms with Gasteiger partial charge in [-0.1, -0.05) is 0 Å². The molecule has 244 valence electrons. The van der Waals surface area contributed by atoms with E-state index in [1.165, 1.54) is 0 Å². The van der Waals surface area contributed by atoms with Gasteiger partial charge in [-0.05, 0) is 6.72 Å². The summed E-state index contributed by atoms with van der Waals surface area (Å²) in [5, 5.41) is 10.9. The number of carbonyl (C=O) groups excluding carboxylic acids is 1. The molecule has 3 aromatic heterocycles. The summed E-state index contributed by atoms with van der Waals surface area (Å²) >= 11 is 0. The number of hydrogen-bond donors (Lipinski definition) is 5. The Kier molecular flexibility index (Phi) is 8.11. The van der Waals surface area contributed by atoms with E-state index in [2.05, 4.69) is 26.7 Å². The van der Waals surface area contributed by atoms with Gasteiger partial charge in [-0.3, -0.25) is 27.5 Å². The molecule has 0 aliphatic carbocycles. The van der Waals surface area contributed by atoms with Crippen LogP contribution in [0.5, 0.6) is 0 Å². The first-order valence-corrected chi connectivity index (χ1v) is 15.7. The number of aromatic nitrogens is 5. The van der Waals surface area contributed by atoms with E-state index in [4.69, 9.17) is 39.0 Å². The lowest BCUT2D eigenvalue weighted by Crippen LogP contribution is -2.35. The number of halogens is 2. The molecule has 2 bridgehead atoms. The number of imidazole rings is 1. The quantitative estimate of drug-likeness (QED) is 0.179. The number of nitrogens with zero attached hydrogens (tertiary/aromatic N) is 6. The summed E-state index contributed by atoms with van der Waals surface area (Å²) in [5.74, 6) is -2.93. The lowest BCUT2D eigenvalue weighted by atomic mass is 10.1. The van der Waals surface area contributed by atoms with Gasteiger partial charge in [0, 0.05) is 6.20 Å². The third kappa shape index (κ3) is 5.68. The van der Waals surface area contributed by atoms with Gasteiger partial charge in [-0.2, -0.15) is 0 Å². The number of ether oxygens (including phenoxy) is 2. The molecule has 3 aliphatic rings. The van der Waals surface area contributed by atoms with E-state index >= 15 is 4.39 Å². The van der Waals surface area contributed by atoms with Crippen molar-refractivity contribution in [1.82, 2.24) is 24.1 Å². The standard InChI is InChI=1S/C21H24F2N8O12P2/c1-26-18-10(17(25)33)7(22)2-30(18)21-15-13(32)8(40-21)3-38-44(34,35)42-14-9(4-39-45(36,37)43-15)41-20(11(14)23)31-6-29-12-16(24)27-5-28-19(12)31/h2,5-6,8-9,11,13-15,20-21,32H,1,3-4H2,(H2,25,33)(H,34,35)(H,36,37)(H2,24,27,28)/t8?,9-,11-,13-,14-,15-,20-,21-/m1/s1. The van der Waals surface area contributed by atoms with Crippen molar-refractivity contribution in [2.45, 2.75) is 49.1 Å². The number of aliphatic imine (C=N–C) groups is 1. The minimum absolute atomic E-state index is 0.0252. The molecule has 24 heteroatoms. The van der Waals surface area contributed by atoms with Gasteiger partial charge >= 0.3 is 15.6 Å². The maximum Gasteiger partial charge on any atom is 0.472 e. The lowest BCUT2D eigenvalue weighted by molar-refractivity contribution is -0.0675. The summed E-state index contributed by atoms with van der Waals surface area (Å²) in [4.78, 5) is 48.3. The molecular formula is C21H24F2N8O12P2. The summed E-state index contributed by atoms with van der Waals surface area (Å²) in [6.07, 6.45) is -11.7. The highest BCUT2D eigenvalue weighted by Crippen LogP contribution is 2.54. The molecule has 3 aromatic rings. The predicted octanol–water partition coefficient (Wildman–Crippen LogP) is -0.00790. The van der Waals surface area contributed by atoms with E-state index < -0.39 is 101 Å². The number of primary amides is 1. The summed E-state index contributed by atoms with van der Waals surface area (Å²) in [6.45, 7) is 1.34. The number of nitrogen functional groups attached to an aromatic ring is 1. The highest BCUT2D eigenvalue weighted by molar-refractivity contribution is 7.47. The van der Waals surface area contributed by atoms with E-state index in [9.17, 15) is 33.2 Å². The number of phosphoric acid groups is 2. The maximum atomic E-state index is 15.9. The van der Waals surface area contributed by atoms with E-state index in [0.29, 0.717) is 6.20 Å². The number of alkyl halides is 1. The average Bonchev–Trinajstić information content (AvgIpc) is 3.70. The van der Waals surface area contributed by atoms with Crippen LogP contribution in [0.15, 0.2) is 23.8 Å². The first-order chi connectivity index (χ1) is 21.2. The second kappa shape index (κ2) is 11.5. The van der Waals surface area contributed by atoms with Crippen molar-refractivity contribution < 1.29 is 65.2 Å². The largest absolute Gasteiger partial charge is 0.472 e. The number of rotatable bonds is 4. The van der Waals surface area contributed by atoms with Gasteiger partial charge in [0.1, 0.15) is 53.7 Å². The summed E-state index contributed by atoms with van der Waals surface area (Å²) < 4.78 is 90.0. The molecule has 45 heavy (non-hydrogen) atoms. The Morgan fingerprint density at radius 3 is 2.36 bits per heavy atom. The Morgan fingerprint density at radius 2 is 1.69 bits per heavy atom. The van der Waals surface area contributed by atoms with Crippen molar-refractivity contribution in [3.63, 3.8) is 0 Å². The molecule has 3 fully saturated rings. The Morgan fingerprint density at radius 1 is 1.04 bits per heavy atom. The molecule has 3 aliphatic heterocycles. The Hall–Kier alpha value is -3.27.